The van der Waals surface area contributed by atoms with Crippen LogP contribution in [0.1, 0.15) is 17.3 Å². The van der Waals surface area contributed by atoms with Crippen molar-refractivity contribution in [3.8, 4) is 10.4 Å². The molecule has 0 aliphatic heterocycles. The lowest BCUT2D eigenvalue weighted by molar-refractivity contribution is -0.150. The average molecular weight is 377 g/mol. The van der Waals surface area contributed by atoms with Crippen LogP contribution in [0.15, 0.2) is 36.4 Å². The predicted octanol–water partition coefficient (Wildman–Crippen LogP) is 2.72. The van der Waals surface area contributed by atoms with E-state index >= 15 is 0 Å². The SMILES string of the molecule is CCOC(=O)c1cc(-c2ccccc2)sc1NC(=O)COC(=O)COC. The number of nitrogens with one attached hydrogen (secondary N) is 1. The van der Waals surface area contributed by atoms with Gasteiger partial charge in [0.1, 0.15) is 11.6 Å². The number of amides is 1. The molecule has 26 heavy (non-hydrogen) atoms. The van der Waals surface area contributed by atoms with Crippen LogP contribution in [-0.2, 0) is 23.8 Å². The Bertz CT molecular complexity index is 771. The summed E-state index contributed by atoms with van der Waals surface area (Å²) in [6.07, 6.45) is 0. The number of hydrogen-bond donors (Lipinski definition) is 1. The molecule has 7 nitrogen and oxygen atoms in total. The molecule has 0 aliphatic rings. The van der Waals surface area contributed by atoms with Gasteiger partial charge in [0.15, 0.2) is 6.61 Å². The number of carbonyl (C=O) groups is 3. The highest BCUT2D eigenvalue weighted by Gasteiger charge is 2.20. The normalized spacial score (nSPS) is 10.2. The third-order valence-electron chi connectivity index (χ3n) is 3.17. The van der Waals surface area contributed by atoms with Gasteiger partial charge in [0, 0.05) is 12.0 Å². The molecule has 0 bridgehead atoms. The van der Waals surface area contributed by atoms with Crippen LogP contribution in [-0.4, -0.2) is 44.8 Å². The van der Waals surface area contributed by atoms with E-state index in [9.17, 15) is 14.4 Å². The van der Waals surface area contributed by atoms with Crippen molar-refractivity contribution in [2.24, 2.45) is 0 Å². The van der Waals surface area contributed by atoms with Crippen LogP contribution in [0.25, 0.3) is 10.4 Å². The molecule has 1 aromatic carbocycles. The van der Waals surface area contributed by atoms with Crippen LogP contribution in [0, 0.1) is 0 Å². The van der Waals surface area contributed by atoms with Gasteiger partial charge in [-0.3, -0.25) is 4.79 Å². The van der Waals surface area contributed by atoms with Gasteiger partial charge in [-0.05, 0) is 18.6 Å². The van der Waals surface area contributed by atoms with Gasteiger partial charge >= 0.3 is 11.9 Å². The van der Waals surface area contributed by atoms with Crippen molar-refractivity contribution in [2.75, 3.05) is 32.2 Å². The van der Waals surface area contributed by atoms with E-state index in [0.29, 0.717) is 5.00 Å². The highest BCUT2D eigenvalue weighted by Crippen LogP contribution is 2.35. The van der Waals surface area contributed by atoms with Crippen LogP contribution >= 0.6 is 11.3 Å². The zero-order valence-corrected chi connectivity index (χ0v) is 15.3. The Morgan fingerprint density at radius 2 is 1.81 bits per heavy atom. The van der Waals surface area contributed by atoms with Gasteiger partial charge in [-0.25, -0.2) is 9.59 Å². The zero-order chi connectivity index (χ0) is 18.9. The summed E-state index contributed by atoms with van der Waals surface area (Å²) < 4.78 is 14.4. The lowest BCUT2D eigenvalue weighted by Crippen LogP contribution is -2.23. The quantitative estimate of drug-likeness (QED) is 0.712. The standard InChI is InChI=1S/C18H19NO6S/c1-3-24-18(22)13-9-14(12-7-5-4-6-8-12)26-17(13)19-15(20)10-25-16(21)11-23-2/h4-9H,3,10-11H2,1-2H3,(H,19,20). The van der Waals surface area contributed by atoms with Gasteiger partial charge in [-0.2, -0.15) is 0 Å². The topological polar surface area (TPSA) is 90.9 Å². The monoisotopic (exact) mass is 377 g/mol. The zero-order valence-electron chi connectivity index (χ0n) is 14.4. The average Bonchev–Trinajstić information content (AvgIpc) is 3.05. The van der Waals surface area contributed by atoms with E-state index in [-0.39, 0.29) is 18.8 Å². The summed E-state index contributed by atoms with van der Waals surface area (Å²) in [5, 5.41) is 2.94. The van der Waals surface area contributed by atoms with Gasteiger partial charge in [0.25, 0.3) is 5.91 Å². The van der Waals surface area contributed by atoms with E-state index in [1.54, 1.807) is 13.0 Å². The molecular weight excluding hydrogens is 358 g/mol. The fraction of sp³-hybridized carbons (Fsp3) is 0.278. The van der Waals surface area contributed by atoms with Crippen molar-refractivity contribution in [3.05, 3.63) is 42.0 Å². The third kappa shape index (κ3) is 5.40. The molecule has 0 radical (unpaired) electrons. The molecule has 138 valence electrons. The van der Waals surface area contributed by atoms with Gasteiger partial charge in [-0.15, -0.1) is 11.3 Å². The molecule has 8 heteroatoms. The minimum absolute atomic E-state index is 0.220. The Kier molecular flexibility index (Phi) is 7.31. The maximum atomic E-state index is 12.2. The van der Waals surface area contributed by atoms with Crippen molar-refractivity contribution < 1.29 is 28.6 Å². The molecule has 1 amide bonds. The number of carbonyl (C=O) groups excluding carboxylic acids is 3. The molecule has 0 saturated heterocycles. The maximum absolute atomic E-state index is 12.2. The van der Waals surface area contributed by atoms with Crippen LogP contribution < -0.4 is 5.32 Å². The number of esters is 2. The maximum Gasteiger partial charge on any atom is 0.341 e. The Labute approximate surface area is 154 Å². The Morgan fingerprint density at radius 3 is 2.46 bits per heavy atom. The first-order chi connectivity index (χ1) is 12.5. The van der Waals surface area contributed by atoms with Crippen molar-refractivity contribution in [2.45, 2.75) is 6.92 Å². The fourth-order valence-electron chi connectivity index (χ4n) is 2.06. The van der Waals surface area contributed by atoms with Crippen molar-refractivity contribution in [1.82, 2.24) is 0 Å². The number of thiophene rings is 1. The van der Waals surface area contributed by atoms with Crippen molar-refractivity contribution in [1.29, 1.82) is 0 Å². The molecule has 0 spiro atoms. The highest BCUT2D eigenvalue weighted by atomic mass is 32.1. The second-order valence-electron chi connectivity index (χ2n) is 5.08. The van der Waals surface area contributed by atoms with Crippen LogP contribution in [0.4, 0.5) is 5.00 Å². The summed E-state index contributed by atoms with van der Waals surface area (Å²) in [4.78, 5) is 36.3. The van der Waals surface area contributed by atoms with E-state index in [1.165, 1.54) is 18.4 Å². The Balaban J connectivity index is 2.17. The Hall–Kier alpha value is -2.71. The number of ether oxygens (including phenoxy) is 3. The first-order valence-corrected chi connectivity index (χ1v) is 8.67. The number of benzene rings is 1. The van der Waals surface area contributed by atoms with E-state index in [0.717, 1.165) is 10.4 Å². The van der Waals surface area contributed by atoms with Crippen LogP contribution in [0.5, 0.6) is 0 Å². The second-order valence-corrected chi connectivity index (χ2v) is 6.13. The van der Waals surface area contributed by atoms with Crippen molar-refractivity contribution >= 4 is 34.2 Å². The number of anilines is 1. The largest absolute Gasteiger partial charge is 0.462 e. The lowest BCUT2D eigenvalue weighted by Gasteiger charge is -2.06. The highest BCUT2D eigenvalue weighted by molar-refractivity contribution is 7.20. The predicted molar refractivity (Wildman–Crippen MR) is 97.2 cm³/mol. The molecule has 0 unspecified atom stereocenters. The van der Waals surface area contributed by atoms with Gasteiger partial charge in [-0.1, -0.05) is 30.3 Å². The molecule has 0 atom stereocenters. The second kappa shape index (κ2) is 9.69. The molecule has 0 saturated carbocycles. The Morgan fingerprint density at radius 1 is 1.08 bits per heavy atom. The molecule has 1 heterocycles. The number of methoxy groups -OCH3 is 1. The summed E-state index contributed by atoms with van der Waals surface area (Å²) in [5.74, 6) is -1.73. The molecule has 2 aromatic rings. The third-order valence-corrected chi connectivity index (χ3v) is 4.26. The van der Waals surface area contributed by atoms with E-state index < -0.39 is 24.5 Å². The minimum atomic E-state index is -0.649. The summed E-state index contributed by atoms with van der Waals surface area (Å²) in [5.41, 5.74) is 1.17. The summed E-state index contributed by atoms with van der Waals surface area (Å²) in [6, 6.07) is 11.1. The fourth-order valence-corrected chi connectivity index (χ4v) is 3.13. The smallest absolute Gasteiger partial charge is 0.341 e. The van der Waals surface area contributed by atoms with E-state index in [4.69, 9.17) is 9.47 Å². The molecule has 1 N–H and O–H groups in total. The molecular formula is C18H19NO6S. The minimum Gasteiger partial charge on any atom is -0.462 e. The summed E-state index contributed by atoms with van der Waals surface area (Å²) in [7, 11) is 1.35. The number of hydrogen-bond acceptors (Lipinski definition) is 7. The molecule has 0 aliphatic carbocycles. The van der Waals surface area contributed by atoms with E-state index in [1.807, 2.05) is 30.3 Å². The molecule has 2 rings (SSSR count). The molecule has 1 aromatic heterocycles. The van der Waals surface area contributed by atoms with E-state index in [2.05, 4.69) is 10.1 Å². The van der Waals surface area contributed by atoms with Gasteiger partial charge < -0.3 is 19.5 Å². The number of rotatable bonds is 8. The first kappa shape index (κ1) is 19.6. The lowest BCUT2D eigenvalue weighted by atomic mass is 10.1. The first-order valence-electron chi connectivity index (χ1n) is 7.86. The summed E-state index contributed by atoms with van der Waals surface area (Å²) in [6.45, 7) is 1.22. The van der Waals surface area contributed by atoms with Crippen LogP contribution in [0.2, 0.25) is 0 Å². The van der Waals surface area contributed by atoms with Crippen molar-refractivity contribution in [3.63, 3.8) is 0 Å². The van der Waals surface area contributed by atoms with Gasteiger partial charge in [0.2, 0.25) is 0 Å². The summed E-state index contributed by atoms with van der Waals surface area (Å²) >= 11 is 1.24. The molecule has 0 fully saturated rings. The van der Waals surface area contributed by atoms with Gasteiger partial charge in [0.05, 0.1) is 12.2 Å². The van der Waals surface area contributed by atoms with Crippen LogP contribution in [0.3, 0.4) is 0 Å².